The third-order valence-corrected chi connectivity index (χ3v) is 11.5. The largest absolute Gasteiger partial charge is 0.456 e. The molecule has 0 bridgehead atoms. The zero-order valence-corrected chi connectivity index (χ0v) is 30.8. The van der Waals surface area contributed by atoms with Gasteiger partial charge in [0, 0.05) is 49.3 Å². The molecule has 2 aliphatic rings. The molecule has 0 saturated heterocycles. The minimum absolute atomic E-state index is 0.352. The highest BCUT2D eigenvalue weighted by Crippen LogP contribution is 2.42. The van der Waals surface area contributed by atoms with Crippen molar-refractivity contribution in [3.8, 4) is 16.8 Å². The van der Waals surface area contributed by atoms with Crippen LogP contribution in [0.2, 0.25) is 0 Å². The Hall–Kier alpha value is -7.44. The fourth-order valence-electron chi connectivity index (χ4n) is 8.91. The van der Waals surface area contributed by atoms with Gasteiger partial charge in [0.2, 0.25) is 0 Å². The number of fused-ring (bicyclic) bond motifs is 9. The predicted molar refractivity (Wildman–Crippen MR) is 232 cm³/mol. The van der Waals surface area contributed by atoms with Gasteiger partial charge in [-0.3, -0.25) is 0 Å². The summed E-state index contributed by atoms with van der Waals surface area (Å²) in [7, 11) is 0. The van der Waals surface area contributed by atoms with Crippen molar-refractivity contribution in [1.82, 2.24) is 9.88 Å². The predicted octanol–water partition coefficient (Wildman–Crippen LogP) is 12.6. The van der Waals surface area contributed by atoms with Gasteiger partial charge in [0.05, 0.1) is 11.2 Å². The lowest BCUT2D eigenvalue weighted by Crippen LogP contribution is -2.33. The maximum absolute atomic E-state index is 6.89. The number of amidine groups is 2. The molecular formula is C51H34N4O2. The molecule has 0 saturated carbocycles. The van der Waals surface area contributed by atoms with E-state index in [1.807, 2.05) is 42.5 Å². The van der Waals surface area contributed by atoms with Crippen LogP contribution in [-0.4, -0.2) is 16.2 Å². The van der Waals surface area contributed by atoms with Crippen molar-refractivity contribution < 1.29 is 8.83 Å². The minimum atomic E-state index is -0.352. The molecule has 0 radical (unpaired) electrons. The number of hydrogen-bond donors (Lipinski definition) is 1. The second-order valence-electron chi connectivity index (χ2n) is 14.8. The van der Waals surface area contributed by atoms with Crippen LogP contribution in [-0.2, 0) is 6.42 Å². The van der Waals surface area contributed by atoms with Crippen molar-refractivity contribution in [2.24, 2.45) is 9.98 Å². The van der Waals surface area contributed by atoms with Gasteiger partial charge < -0.3 is 18.7 Å². The number of aromatic nitrogens is 1. The summed E-state index contributed by atoms with van der Waals surface area (Å²) >= 11 is 0. The molecule has 1 atom stereocenters. The number of para-hydroxylation sites is 2. The van der Waals surface area contributed by atoms with E-state index in [0.717, 1.165) is 96.1 Å². The van der Waals surface area contributed by atoms with Crippen LogP contribution in [0.25, 0.3) is 77.7 Å². The first-order valence-corrected chi connectivity index (χ1v) is 19.5. The summed E-state index contributed by atoms with van der Waals surface area (Å²) in [5.41, 5.74) is 13.5. The quantitative estimate of drug-likeness (QED) is 0.191. The first-order chi connectivity index (χ1) is 28.2. The summed E-state index contributed by atoms with van der Waals surface area (Å²) in [5, 5.41) is 9.20. The minimum Gasteiger partial charge on any atom is -0.456 e. The SMILES string of the molecule is C1=Cc2c(n(-c3cccc4c3oc3cc(-c5cccc6oc7ccc(C8N=C(c9ccccc9)N=C(c9ccccc9)N8)cc7c56)ccc34)c3ccccc23)CC1. The summed E-state index contributed by atoms with van der Waals surface area (Å²) in [6.07, 6.45) is 6.23. The second-order valence-corrected chi connectivity index (χ2v) is 14.8. The Morgan fingerprint density at radius 1 is 0.596 bits per heavy atom. The van der Waals surface area contributed by atoms with Crippen molar-refractivity contribution >= 4 is 72.5 Å². The number of aliphatic imine (C=N–C) groups is 2. The van der Waals surface area contributed by atoms with E-state index in [9.17, 15) is 0 Å². The molecule has 6 nitrogen and oxygen atoms in total. The van der Waals surface area contributed by atoms with Gasteiger partial charge in [-0.1, -0.05) is 127 Å². The van der Waals surface area contributed by atoms with Crippen LogP contribution >= 0.6 is 0 Å². The Bertz CT molecular complexity index is 3330. The molecule has 0 fully saturated rings. The zero-order valence-electron chi connectivity index (χ0n) is 30.8. The van der Waals surface area contributed by atoms with Gasteiger partial charge in [-0.2, -0.15) is 0 Å². The highest BCUT2D eigenvalue weighted by atomic mass is 16.3. The van der Waals surface area contributed by atoms with E-state index < -0.39 is 0 Å². The maximum atomic E-state index is 6.89. The van der Waals surface area contributed by atoms with Crippen molar-refractivity contribution in [2.45, 2.75) is 19.0 Å². The van der Waals surface area contributed by atoms with Crippen LogP contribution in [0.3, 0.4) is 0 Å². The van der Waals surface area contributed by atoms with Crippen molar-refractivity contribution in [1.29, 1.82) is 0 Å². The molecule has 1 N–H and O–H groups in total. The molecule has 1 unspecified atom stereocenters. The first kappa shape index (κ1) is 31.9. The third-order valence-electron chi connectivity index (χ3n) is 11.5. The number of nitrogens with one attached hydrogen (secondary N) is 1. The Morgan fingerprint density at radius 2 is 1.40 bits per heavy atom. The molecule has 10 aromatic rings. The molecule has 0 amide bonds. The summed E-state index contributed by atoms with van der Waals surface area (Å²) < 4.78 is 15.8. The number of allylic oxidation sites excluding steroid dienone is 1. The number of rotatable bonds is 5. The monoisotopic (exact) mass is 734 g/mol. The Labute approximate surface area is 327 Å². The lowest BCUT2D eigenvalue weighted by Gasteiger charge is -2.23. The topological polar surface area (TPSA) is 68.0 Å². The molecule has 3 aromatic heterocycles. The average molecular weight is 735 g/mol. The summed E-state index contributed by atoms with van der Waals surface area (Å²) in [4.78, 5) is 10.1. The average Bonchev–Trinajstić information content (AvgIpc) is 3.96. The molecule has 1 aliphatic carbocycles. The fraction of sp³-hybridized carbons (Fsp3) is 0.0588. The number of benzene rings is 7. The van der Waals surface area contributed by atoms with Gasteiger partial charge in [-0.15, -0.1) is 0 Å². The van der Waals surface area contributed by atoms with E-state index in [0.29, 0.717) is 5.84 Å². The van der Waals surface area contributed by atoms with Crippen molar-refractivity contribution in [2.75, 3.05) is 0 Å². The molecule has 6 heteroatoms. The molecule has 270 valence electrons. The molecule has 12 rings (SSSR count). The van der Waals surface area contributed by atoms with Gasteiger partial charge in [-0.05, 0) is 72.0 Å². The van der Waals surface area contributed by atoms with E-state index in [-0.39, 0.29) is 6.17 Å². The fourth-order valence-corrected chi connectivity index (χ4v) is 8.91. The Morgan fingerprint density at radius 3 is 2.30 bits per heavy atom. The van der Waals surface area contributed by atoms with Crippen LogP contribution in [0.4, 0.5) is 0 Å². The number of furan rings is 2. The molecule has 7 aromatic carbocycles. The van der Waals surface area contributed by atoms with E-state index >= 15 is 0 Å². The Balaban J connectivity index is 0.987. The van der Waals surface area contributed by atoms with Crippen LogP contribution in [0, 0.1) is 0 Å². The lowest BCUT2D eigenvalue weighted by molar-refractivity contribution is 0.663. The molecule has 4 heterocycles. The summed E-state index contributed by atoms with van der Waals surface area (Å²) in [6, 6.07) is 54.9. The van der Waals surface area contributed by atoms with E-state index in [2.05, 4.69) is 137 Å². The highest BCUT2D eigenvalue weighted by Gasteiger charge is 2.24. The van der Waals surface area contributed by atoms with Gasteiger partial charge in [-0.25, -0.2) is 9.98 Å². The van der Waals surface area contributed by atoms with Crippen molar-refractivity contribution in [3.63, 3.8) is 0 Å². The van der Waals surface area contributed by atoms with E-state index in [1.54, 1.807) is 0 Å². The zero-order chi connectivity index (χ0) is 37.5. The van der Waals surface area contributed by atoms with Crippen LogP contribution < -0.4 is 5.32 Å². The van der Waals surface area contributed by atoms with Crippen LogP contribution in [0.5, 0.6) is 0 Å². The smallest absolute Gasteiger partial charge is 0.159 e. The normalized spacial score (nSPS) is 15.3. The molecule has 1 aliphatic heterocycles. The molecule has 57 heavy (non-hydrogen) atoms. The Kier molecular flexibility index (Phi) is 7.01. The number of hydrogen-bond acceptors (Lipinski definition) is 5. The summed E-state index contributed by atoms with van der Waals surface area (Å²) in [5.74, 6) is 1.48. The number of nitrogens with zero attached hydrogens (tertiary/aromatic N) is 3. The second kappa shape index (κ2) is 12.5. The molecular weight excluding hydrogens is 701 g/mol. The lowest BCUT2D eigenvalue weighted by atomic mass is 9.97. The first-order valence-electron chi connectivity index (χ1n) is 19.5. The van der Waals surface area contributed by atoms with E-state index in [1.165, 1.54) is 22.2 Å². The highest BCUT2D eigenvalue weighted by molar-refractivity contribution is 6.15. The maximum Gasteiger partial charge on any atom is 0.159 e. The van der Waals surface area contributed by atoms with Gasteiger partial charge >= 0.3 is 0 Å². The third kappa shape index (κ3) is 5.04. The van der Waals surface area contributed by atoms with Crippen molar-refractivity contribution in [3.05, 3.63) is 192 Å². The summed E-state index contributed by atoms with van der Waals surface area (Å²) in [6.45, 7) is 0. The van der Waals surface area contributed by atoms with Gasteiger partial charge in [0.1, 0.15) is 28.8 Å². The molecule has 0 spiro atoms. The van der Waals surface area contributed by atoms with Gasteiger partial charge in [0.15, 0.2) is 11.4 Å². The standard InChI is InChI=1S/C51H34N4O2/c1-3-13-31(14-4-1)49-52-50(32-15-5-2-6-16-32)54-51(53-49)34-26-28-44-40(29-34)47-35(19-12-24-45(47)56-44)33-25-27-38-39-20-11-23-43(48(39)57-46(38)30-33)55-41-21-9-7-17-36(41)37-18-8-10-22-42(37)55/h1-9,11-21,23-30,51H,10,22H2,(H,52,53,54). The van der Waals surface area contributed by atoms with E-state index in [4.69, 9.17) is 18.8 Å². The van der Waals surface area contributed by atoms with Crippen LogP contribution in [0.1, 0.15) is 40.5 Å². The van der Waals surface area contributed by atoms with Crippen LogP contribution in [0.15, 0.2) is 183 Å². The van der Waals surface area contributed by atoms with Gasteiger partial charge in [0.25, 0.3) is 0 Å².